The number of esters is 1. The van der Waals surface area contributed by atoms with Crippen LogP contribution < -0.4 is 15.8 Å². The van der Waals surface area contributed by atoms with Crippen molar-refractivity contribution in [2.45, 2.75) is 13.8 Å². The van der Waals surface area contributed by atoms with Gasteiger partial charge in [0.05, 0.1) is 36.2 Å². The smallest absolute Gasteiger partial charge is 0.340 e. The monoisotopic (exact) mass is 367 g/mol. The fraction of sp³-hybridized carbons (Fsp3) is 0.250. The van der Waals surface area contributed by atoms with Crippen LogP contribution in [-0.4, -0.2) is 25.6 Å². The number of nitrogens with one attached hydrogen (secondary N) is 1. The highest BCUT2D eigenvalue weighted by Crippen LogP contribution is 2.25. The summed E-state index contributed by atoms with van der Waals surface area (Å²) in [5, 5.41) is 12.0. The summed E-state index contributed by atoms with van der Waals surface area (Å²) in [6.07, 6.45) is 0. The van der Waals surface area contributed by atoms with Crippen LogP contribution in [0.15, 0.2) is 36.4 Å². The number of nitriles is 1. The van der Waals surface area contributed by atoms with Crippen molar-refractivity contribution in [3.63, 3.8) is 0 Å². The van der Waals surface area contributed by atoms with E-state index in [9.17, 15) is 14.9 Å². The third-order valence-corrected chi connectivity index (χ3v) is 3.69. The van der Waals surface area contributed by atoms with Gasteiger partial charge in [-0.05, 0) is 36.2 Å². The molecule has 0 unspecified atom stereocenters. The van der Waals surface area contributed by atoms with Crippen LogP contribution >= 0.6 is 0 Å². The van der Waals surface area contributed by atoms with Crippen molar-refractivity contribution in [3.05, 3.63) is 53.1 Å². The van der Waals surface area contributed by atoms with E-state index in [-0.39, 0.29) is 28.1 Å². The molecule has 7 nitrogen and oxygen atoms in total. The largest absolute Gasteiger partial charge is 0.492 e. The van der Waals surface area contributed by atoms with Crippen LogP contribution in [-0.2, 0) is 4.74 Å². The van der Waals surface area contributed by atoms with Gasteiger partial charge in [0.2, 0.25) is 0 Å². The molecule has 2 aromatic carbocycles. The minimum Gasteiger partial charge on any atom is -0.492 e. The van der Waals surface area contributed by atoms with Crippen LogP contribution in [0.2, 0.25) is 0 Å². The van der Waals surface area contributed by atoms with Crippen LogP contribution in [0.4, 0.5) is 11.4 Å². The van der Waals surface area contributed by atoms with E-state index in [1.165, 1.54) is 19.2 Å². The summed E-state index contributed by atoms with van der Waals surface area (Å²) in [4.78, 5) is 24.2. The van der Waals surface area contributed by atoms with Gasteiger partial charge in [0, 0.05) is 5.56 Å². The number of carbonyl (C=O) groups excluding carboxylic acids is 2. The maximum atomic E-state index is 12.5. The summed E-state index contributed by atoms with van der Waals surface area (Å²) in [5.41, 5.74) is 7.02. The molecule has 0 atom stereocenters. The lowest BCUT2D eigenvalue weighted by atomic mass is 10.1. The highest BCUT2D eigenvalue weighted by Gasteiger charge is 2.16. The molecule has 1 amide bonds. The van der Waals surface area contributed by atoms with Gasteiger partial charge in [0.15, 0.2) is 0 Å². The van der Waals surface area contributed by atoms with Gasteiger partial charge in [-0.3, -0.25) is 4.79 Å². The number of anilines is 2. The van der Waals surface area contributed by atoms with E-state index in [4.69, 9.17) is 10.5 Å². The van der Waals surface area contributed by atoms with E-state index < -0.39 is 11.9 Å². The number of hydrogen-bond donors (Lipinski definition) is 2. The van der Waals surface area contributed by atoms with Crippen LogP contribution in [0.3, 0.4) is 0 Å². The molecule has 3 N–H and O–H groups in total. The Morgan fingerprint density at radius 1 is 1.26 bits per heavy atom. The summed E-state index contributed by atoms with van der Waals surface area (Å²) in [6, 6.07) is 11.3. The predicted molar refractivity (Wildman–Crippen MR) is 102 cm³/mol. The second kappa shape index (κ2) is 8.72. The number of para-hydroxylation sites is 1. The molecule has 0 fully saturated rings. The number of nitrogen functional groups attached to an aromatic ring is 1. The molecular weight excluding hydrogens is 346 g/mol. The van der Waals surface area contributed by atoms with E-state index in [0.29, 0.717) is 18.3 Å². The third-order valence-electron chi connectivity index (χ3n) is 3.69. The van der Waals surface area contributed by atoms with Gasteiger partial charge in [-0.1, -0.05) is 19.9 Å². The Morgan fingerprint density at radius 2 is 2.00 bits per heavy atom. The number of ether oxygens (including phenoxy) is 2. The van der Waals surface area contributed by atoms with Crippen molar-refractivity contribution in [2.75, 3.05) is 24.8 Å². The summed E-state index contributed by atoms with van der Waals surface area (Å²) < 4.78 is 10.3. The second-order valence-corrected chi connectivity index (χ2v) is 6.24. The van der Waals surface area contributed by atoms with E-state index >= 15 is 0 Å². The Hall–Kier alpha value is -3.53. The van der Waals surface area contributed by atoms with Crippen molar-refractivity contribution in [1.29, 1.82) is 5.26 Å². The second-order valence-electron chi connectivity index (χ2n) is 6.24. The Labute approximate surface area is 157 Å². The molecule has 0 aliphatic rings. The molecule has 0 spiro atoms. The zero-order valence-electron chi connectivity index (χ0n) is 15.4. The first kappa shape index (κ1) is 19.8. The van der Waals surface area contributed by atoms with Crippen LogP contribution in [0.1, 0.15) is 40.1 Å². The molecule has 0 aromatic heterocycles. The van der Waals surface area contributed by atoms with Gasteiger partial charge in [0.25, 0.3) is 5.91 Å². The van der Waals surface area contributed by atoms with Gasteiger partial charge in [-0.25, -0.2) is 4.79 Å². The number of hydrogen-bond acceptors (Lipinski definition) is 6. The van der Waals surface area contributed by atoms with Gasteiger partial charge in [-0.15, -0.1) is 0 Å². The Balaban J connectivity index is 2.24. The minimum atomic E-state index is -0.595. The zero-order valence-corrected chi connectivity index (χ0v) is 15.4. The van der Waals surface area contributed by atoms with Gasteiger partial charge >= 0.3 is 5.97 Å². The molecule has 0 saturated heterocycles. The SMILES string of the molecule is COC(=O)c1cccc(NC(=O)c2ccc(OCC(C)C)c(C#N)c2)c1N. The topological polar surface area (TPSA) is 114 Å². The van der Waals surface area contributed by atoms with E-state index in [2.05, 4.69) is 10.1 Å². The first-order chi connectivity index (χ1) is 12.9. The normalized spacial score (nSPS) is 10.2. The highest BCUT2D eigenvalue weighted by atomic mass is 16.5. The molecule has 0 radical (unpaired) electrons. The number of benzene rings is 2. The molecule has 0 bridgehead atoms. The molecule has 0 aliphatic carbocycles. The first-order valence-electron chi connectivity index (χ1n) is 8.32. The molecule has 140 valence electrons. The van der Waals surface area contributed by atoms with Crippen molar-refractivity contribution in [1.82, 2.24) is 0 Å². The molecular formula is C20H21N3O4. The van der Waals surface area contributed by atoms with Crippen LogP contribution in [0, 0.1) is 17.2 Å². The number of methoxy groups -OCH3 is 1. The average molecular weight is 367 g/mol. The lowest BCUT2D eigenvalue weighted by Crippen LogP contribution is -2.15. The maximum Gasteiger partial charge on any atom is 0.340 e. The predicted octanol–water partition coefficient (Wildman–Crippen LogP) is 3.21. The lowest BCUT2D eigenvalue weighted by Gasteiger charge is -2.13. The van der Waals surface area contributed by atoms with Crippen molar-refractivity contribution < 1.29 is 19.1 Å². The van der Waals surface area contributed by atoms with Crippen molar-refractivity contribution >= 4 is 23.3 Å². The summed E-state index contributed by atoms with van der Waals surface area (Å²) >= 11 is 0. The quantitative estimate of drug-likeness (QED) is 0.598. The molecule has 27 heavy (non-hydrogen) atoms. The van der Waals surface area contributed by atoms with E-state index in [1.807, 2.05) is 19.9 Å². The number of carbonyl (C=O) groups is 2. The molecule has 0 heterocycles. The number of nitrogens with two attached hydrogens (primary N) is 1. The Bertz CT molecular complexity index is 901. The van der Waals surface area contributed by atoms with Crippen molar-refractivity contribution in [3.8, 4) is 11.8 Å². The van der Waals surface area contributed by atoms with Gasteiger partial charge < -0.3 is 20.5 Å². The standard InChI is InChI=1S/C20H21N3O4/c1-12(2)11-27-17-8-7-13(9-14(17)10-21)19(24)23-16-6-4-5-15(18(16)22)20(25)26-3/h4-9,12H,11,22H2,1-3H3,(H,23,24). The molecule has 7 heteroatoms. The van der Waals surface area contributed by atoms with Crippen LogP contribution in [0.25, 0.3) is 0 Å². The zero-order chi connectivity index (χ0) is 20.0. The fourth-order valence-corrected chi connectivity index (χ4v) is 2.30. The summed E-state index contributed by atoms with van der Waals surface area (Å²) in [7, 11) is 1.25. The maximum absolute atomic E-state index is 12.5. The van der Waals surface area contributed by atoms with E-state index in [1.54, 1.807) is 24.3 Å². The lowest BCUT2D eigenvalue weighted by molar-refractivity contribution is 0.0601. The molecule has 2 rings (SSSR count). The summed E-state index contributed by atoms with van der Waals surface area (Å²) in [5.74, 6) is -0.322. The third kappa shape index (κ3) is 4.76. The minimum absolute atomic E-state index is 0.107. The van der Waals surface area contributed by atoms with Gasteiger partial charge in [0.1, 0.15) is 11.8 Å². The molecule has 2 aromatic rings. The Kier molecular flexibility index (Phi) is 6.39. The Morgan fingerprint density at radius 3 is 2.63 bits per heavy atom. The number of amides is 1. The average Bonchev–Trinajstić information content (AvgIpc) is 2.67. The van der Waals surface area contributed by atoms with Crippen molar-refractivity contribution in [2.24, 2.45) is 5.92 Å². The highest BCUT2D eigenvalue weighted by molar-refractivity contribution is 6.08. The van der Waals surface area contributed by atoms with Gasteiger partial charge in [-0.2, -0.15) is 5.26 Å². The molecule has 0 aliphatic heterocycles. The number of rotatable bonds is 6. The fourth-order valence-electron chi connectivity index (χ4n) is 2.30. The van der Waals surface area contributed by atoms with E-state index in [0.717, 1.165) is 0 Å². The summed E-state index contributed by atoms with van der Waals surface area (Å²) in [6.45, 7) is 4.47. The first-order valence-corrected chi connectivity index (χ1v) is 8.32. The molecule has 0 saturated carbocycles. The van der Waals surface area contributed by atoms with Crippen LogP contribution in [0.5, 0.6) is 5.75 Å². The number of nitrogens with zero attached hydrogens (tertiary/aromatic N) is 1.